The molecule has 0 aliphatic heterocycles. The second-order valence-electron chi connectivity index (χ2n) is 6.73. The van der Waals surface area contributed by atoms with Crippen molar-refractivity contribution in [2.45, 2.75) is 40.5 Å². The van der Waals surface area contributed by atoms with Crippen LogP contribution in [0.3, 0.4) is 0 Å². The number of halogens is 2. The van der Waals surface area contributed by atoms with E-state index in [4.69, 9.17) is 23.2 Å². The van der Waals surface area contributed by atoms with Crippen molar-refractivity contribution < 1.29 is 9.59 Å². The Hall–Kier alpha value is -1.26. The highest BCUT2D eigenvalue weighted by atomic mass is 35.5. The first-order chi connectivity index (χ1) is 10.6. The van der Waals surface area contributed by atoms with Crippen LogP contribution in [0.2, 0.25) is 10.0 Å². The summed E-state index contributed by atoms with van der Waals surface area (Å²) in [5.41, 5.74) is 0.333. The molecule has 0 heterocycles. The van der Waals surface area contributed by atoms with E-state index in [2.05, 4.69) is 5.32 Å². The number of anilines is 1. The van der Waals surface area contributed by atoms with Gasteiger partial charge in [-0.25, -0.2) is 0 Å². The quantitative estimate of drug-likeness (QED) is 0.807. The lowest BCUT2D eigenvalue weighted by Gasteiger charge is -2.26. The van der Waals surface area contributed by atoms with Gasteiger partial charge in [-0.2, -0.15) is 0 Å². The van der Waals surface area contributed by atoms with Crippen LogP contribution in [0, 0.1) is 5.41 Å². The molecular formula is C17H24Cl2N2O2. The molecule has 0 fully saturated rings. The minimum atomic E-state index is -0.287. The molecule has 128 valence electrons. The zero-order valence-corrected chi connectivity index (χ0v) is 15.6. The van der Waals surface area contributed by atoms with Crippen molar-refractivity contribution in [2.75, 3.05) is 18.4 Å². The summed E-state index contributed by atoms with van der Waals surface area (Å²) in [5, 5.41) is 3.60. The summed E-state index contributed by atoms with van der Waals surface area (Å²) in [6.45, 7) is 8.53. The van der Waals surface area contributed by atoms with E-state index in [1.54, 1.807) is 23.1 Å². The number of hydrogen-bond acceptors (Lipinski definition) is 2. The van der Waals surface area contributed by atoms with Crippen LogP contribution in [-0.2, 0) is 9.59 Å². The van der Waals surface area contributed by atoms with Gasteiger partial charge in [-0.1, -0.05) is 50.9 Å². The summed E-state index contributed by atoms with van der Waals surface area (Å²) in [6, 6.07) is 4.85. The lowest BCUT2D eigenvalue weighted by atomic mass is 9.91. The molecule has 4 nitrogen and oxygen atoms in total. The second kappa shape index (κ2) is 8.55. The topological polar surface area (TPSA) is 49.4 Å². The third-order valence-electron chi connectivity index (χ3n) is 3.06. The lowest BCUT2D eigenvalue weighted by molar-refractivity contribution is -0.136. The minimum Gasteiger partial charge on any atom is -0.333 e. The first kappa shape index (κ1) is 19.8. The van der Waals surface area contributed by atoms with Gasteiger partial charge in [-0.3, -0.25) is 9.59 Å². The number of hydrogen-bond donors (Lipinski definition) is 1. The molecule has 0 bridgehead atoms. The molecule has 0 spiro atoms. The van der Waals surface area contributed by atoms with Gasteiger partial charge in [0, 0.05) is 18.0 Å². The number of rotatable bonds is 6. The van der Waals surface area contributed by atoms with Gasteiger partial charge < -0.3 is 10.2 Å². The standard InChI is InChI=1S/C17H24Cl2N2O2/c1-5-8-21(16(23)10-17(2,3)4)11-15(22)20-14-9-12(18)6-7-13(14)19/h6-7,9H,5,8,10-11H2,1-4H3,(H,20,22). The van der Waals surface area contributed by atoms with Gasteiger partial charge >= 0.3 is 0 Å². The van der Waals surface area contributed by atoms with E-state index in [-0.39, 0.29) is 23.8 Å². The van der Waals surface area contributed by atoms with Gasteiger partial charge in [0.15, 0.2) is 0 Å². The van der Waals surface area contributed by atoms with Crippen molar-refractivity contribution in [1.82, 2.24) is 4.90 Å². The fourth-order valence-corrected chi connectivity index (χ4v) is 2.42. The summed E-state index contributed by atoms with van der Waals surface area (Å²) >= 11 is 11.9. The molecule has 2 amide bonds. The predicted molar refractivity (Wildman–Crippen MR) is 96.0 cm³/mol. The minimum absolute atomic E-state index is 0.00555. The maximum absolute atomic E-state index is 12.4. The Balaban J connectivity index is 2.74. The van der Waals surface area contributed by atoms with Gasteiger partial charge in [-0.05, 0) is 30.0 Å². The Kier molecular flexibility index (Phi) is 7.36. The van der Waals surface area contributed by atoms with Gasteiger partial charge in [0.2, 0.25) is 11.8 Å². The van der Waals surface area contributed by atoms with Crippen LogP contribution in [0.4, 0.5) is 5.69 Å². The van der Waals surface area contributed by atoms with E-state index in [0.717, 1.165) is 6.42 Å². The molecule has 1 aromatic carbocycles. The van der Waals surface area contributed by atoms with E-state index < -0.39 is 0 Å². The fourth-order valence-electron chi connectivity index (χ4n) is 2.08. The number of nitrogens with zero attached hydrogens (tertiary/aromatic N) is 1. The smallest absolute Gasteiger partial charge is 0.244 e. The van der Waals surface area contributed by atoms with Crippen LogP contribution in [0.15, 0.2) is 18.2 Å². The molecule has 0 aromatic heterocycles. The molecule has 1 aromatic rings. The van der Waals surface area contributed by atoms with Crippen molar-refractivity contribution in [1.29, 1.82) is 0 Å². The number of benzene rings is 1. The molecule has 0 radical (unpaired) electrons. The molecule has 0 saturated carbocycles. The van der Waals surface area contributed by atoms with Crippen LogP contribution in [0.1, 0.15) is 40.5 Å². The molecule has 0 aliphatic rings. The van der Waals surface area contributed by atoms with Crippen molar-refractivity contribution in [3.8, 4) is 0 Å². The molecule has 6 heteroatoms. The molecule has 0 atom stereocenters. The Morgan fingerprint density at radius 1 is 1.22 bits per heavy atom. The number of carbonyl (C=O) groups excluding carboxylic acids is 2. The highest BCUT2D eigenvalue weighted by Gasteiger charge is 2.22. The van der Waals surface area contributed by atoms with Gasteiger partial charge in [0.25, 0.3) is 0 Å². The average molecular weight is 359 g/mol. The summed E-state index contributed by atoms with van der Waals surface area (Å²) < 4.78 is 0. The van der Waals surface area contributed by atoms with E-state index >= 15 is 0 Å². The SMILES string of the molecule is CCCN(CC(=O)Nc1cc(Cl)ccc1Cl)C(=O)CC(C)(C)C. The monoisotopic (exact) mass is 358 g/mol. The number of carbonyl (C=O) groups is 2. The van der Waals surface area contributed by atoms with Gasteiger partial charge in [0.1, 0.15) is 0 Å². The lowest BCUT2D eigenvalue weighted by Crippen LogP contribution is -2.40. The first-order valence-electron chi connectivity index (χ1n) is 7.65. The van der Waals surface area contributed by atoms with Gasteiger partial charge in [-0.15, -0.1) is 0 Å². The Morgan fingerprint density at radius 2 is 1.87 bits per heavy atom. The molecular weight excluding hydrogens is 335 g/mol. The maximum Gasteiger partial charge on any atom is 0.244 e. The summed E-state index contributed by atoms with van der Waals surface area (Å²) in [7, 11) is 0. The third-order valence-corrected chi connectivity index (χ3v) is 3.63. The third kappa shape index (κ3) is 7.23. The van der Waals surface area contributed by atoms with E-state index in [9.17, 15) is 9.59 Å². The van der Waals surface area contributed by atoms with Crippen LogP contribution in [0.5, 0.6) is 0 Å². The molecule has 0 unspecified atom stereocenters. The molecule has 1 rings (SSSR count). The highest BCUT2D eigenvalue weighted by molar-refractivity contribution is 6.35. The van der Waals surface area contributed by atoms with Crippen molar-refractivity contribution in [3.05, 3.63) is 28.2 Å². The Bertz CT molecular complexity index is 568. The van der Waals surface area contributed by atoms with Crippen LogP contribution in [0.25, 0.3) is 0 Å². The first-order valence-corrected chi connectivity index (χ1v) is 8.40. The van der Waals surface area contributed by atoms with E-state index in [1.807, 2.05) is 27.7 Å². The summed E-state index contributed by atoms with van der Waals surface area (Å²) in [4.78, 5) is 26.2. The van der Waals surface area contributed by atoms with Crippen LogP contribution < -0.4 is 5.32 Å². The maximum atomic E-state index is 12.4. The number of amides is 2. The largest absolute Gasteiger partial charge is 0.333 e. The molecule has 0 aliphatic carbocycles. The predicted octanol–water partition coefficient (Wildman–Crippen LogP) is 4.61. The van der Waals surface area contributed by atoms with Crippen molar-refractivity contribution in [2.24, 2.45) is 5.41 Å². The normalized spacial score (nSPS) is 11.2. The van der Waals surface area contributed by atoms with Crippen LogP contribution in [-0.4, -0.2) is 29.8 Å². The fraction of sp³-hybridized carbons (Fsp3) is 0.529. The van der Waals surface area contributed by atoms with Crippen molar-refractivity contribution in [3.63, 3.8) is 0 Å². The average Bonchev–Trinajstić information content (AvgIpc) is 2.40. The van der Waals surface area contributed by atoms with Gasteiger partial charge in [0.05, 0.1) is 17.3 Å². The zero-order valence-electron chi connectivity index (χ0n) is 14.1. The Labute approximate surface area is 148 Å². The van der Waals surface area contributed by atoms with Crippen LogP contribution >= 0.6 is 23.2 Å². The Morgan fingerprint density at radius 3 is 2.43 bits per heavy atom. The molecule has 0 saturated heterocycles. The molecule has 23 heavy (non-hydrogen) atoms. The second-order valence-corrected chi connectivity index (χ2v) is 7.57. The van der Waals surface area contributed by atoms with E-state index in [1.165, 1.54) is 0 Å². The van der Waals surface area contributed by atoms with Crippen molar-refractivity contribution >= 4 is 40.7 Å². The number of nitrogens with one attached hydrogen (secondary N) is 1. The summed E-state index contributed by atoms with van der Waals surface area (Å²) in [6.07, 6.45) is 1.19. The summed E-state index contributed by atoms with van der Waals surface area (Å²) in [5.74, 6) is -0.309. The molecule has 1 N–H and O–H groups in total. The highest BCUT2D eigenvalue weighted by Crippen LogP contribution is 2.25. The zero-order chi connectivity index (χ0) is 17.6. The van der Waals surface area contributed by atoms with E-state index in [0.29, 0.717) is 28.7 Å².